The molecule has 0 aliphatic rings. The highest BCUT2D eigenvalue weighted by Gasteiger charge is 2.16. The molecule has 3 aromatic rings. The van der Waals surface area contributed by atoms with Crippen molar-refractivity contribution in [1.82, 2.24) is 14.3 Å². The maximum atomic E-state index is 13.0. The van der Waals surface area contributed by atoms with Crippen molar-refractivity contribution in [3.05, 3.63) is 74.9 Å². The fraction of sp³-hybridized carbons (Fsp3) is 0.200. The molecule has 1 N–H and O–H groups in total. The third kappa shape index (κ3) is 4.34. The van der Waals surface area contributed by atoms with Crippen LogP contribution in [0.25, 0.3) is 5.69 Å². The summed E-state index contributed by atoms with van der Waals surface area (Å²) in [5.41, 5.74) is 0.338. The molecular formula is C20H20N4O5. The van der Waals surface area contributed by atoms with E-state index in [4.69, 9.17) is 9.47 Å². The summed E-state index contributed by atoms with van der Waals surface area (Å²) in [5, 5.41) is 6.67. The molecule has 2 aromatic carbocycles. The summed E-state index contributed by atoms with van der Waals surface area (Å²) in [6.45, 7) is 1.42. The lowest BCUT2D eigenvalue weighted by molar-refractivity contribution is -0.114. The fourth-order valence-corrected chi connectivity index (χ4v) is 2.76. The Kier molecular flexibility index (Phi) is 5.77. The Labute approximate surface area is 166 Å². The SMILES string of the molecule is COc1ccc(Cn2c(=O)c(OC)nn(-c3cccc(NC(C)=O)c3)c2=O)cc1. The second-order valence-electron chi connectivity index (χ2n) is 6.17. The van der Waals surface area contributed by atoms with Crippen LogP contribution < -0.4 is 26.0 Å². The van der Waals surface area contributed by atoms with Gasteiger partial charge in [0.2, 0.25) is 5.91 Å². The molecule has 0 fully saturated rings. The molecule has 3 rings (SSSR count). The fourth-order valence-electron chi connectivity index (χ4n) is 2.76. The molecule has 1 aromatic heterocycles. The zero-order valence-electron chi connectivity index (χ0n) is 16.2. The van der Waals surface area contributed by atoms with Crippen LogP contribution in [-0.2, 0) is 11.3 Å². The van der Waals surface area contributed by atoms with Crippen LogP contribution in [0.4, 0.5) is 5.69 Å². The molecule has 1 heterocycles. The van der Waals surface area contributed by atoms with Gasteiger partial charge in [0.1, 0.15) is 5.75 Å². The number of nitrogens with zero attached hydrogens (tertiary/aromatic N) is 3. The lowest BCUT2D eigenvalue weighted by atomic mass is 10.2. The van der Waals surface area contributed by atoms with Gasteiger partial charge in [0, 0.05) is 12.6 Å². The molecule has 0 saturated carbocycles. The summed E-state index contributed by atoms with van der Waals surface area (Å²) < 4.78 is 12.3. The number of rotatable bonds is 6. The molecule has 29 heavy (non-hydrogen) atoms. The van der Waals surface area contributed by atoms with Gasteiger partial charge in [-0.15, -0.1) is 5.10 Å². The van der Waals surface area contributed by atoms with E-state index in [0.717, 1.165) is 14.8 Å². The highest BCUT2D eigenvalue weighted by Crippen LogP contribution is 2.14. The first kappa shape index (κ1) is 19.9. The summed E-state index contributed by atoms with van der Waals surface area (Å²) in [4.78, 5) is 36.9. The van der Waals surface area contributed by atoms with Crippen molar-refractivity contribution >= 4 is 11.6 Å². The third-order valence-electron chi connectivity index (χ3n) is 4.14. The molecule has 0 bridgehead atoms. The second kappa shape index (κ2) is 8.42. The molecule has 0 atom stereocenters. The van der Waals surface area contributed by atoms with Gasteiger partial charge >= 0.3 is 11.2 Å². The van der Waals surface area contributed by atoms with Crippen molar-refractivity contribution in [2.45, 2.75) is 13.5 Å². The molecular weight excluding hydrogens is 376 g/mol. The Morgan fingerprint density at radius 2 is 1.79 bits per heavy atom. The number of hydrogen-bond donors (Lipinski definition) is 1. The zero-order valence-corrected chi connectivity index (χ0v) is 16.2. The summed E-state index contributed by atoms with van der Waals surface area (Å²) in [6, 6.07) is 13.6. The Hall–Kier alpha value is -3.88. The number of amides is 1. The standard InChI is InChI=1S/C20H20N4O5/c1-13(25)21-15-5-4-6-16(11-15)24-20(27)23(19(26)18(22-24)29-3)12-14-7-9-17(28-2)10-8-14/h4-11H,12H2,1-3H3,(H,21,25). The van der Waals surface area contributed by atoms with Crippen LogP contribution in [0.15, 0.2) is 58.1 Å². The van der Waals surface area contributed by atoms with Crippen LogP contribution in [0.5, 0.6) is 11.6 Å². The highest BCUT2D eigenvalue weighted by atomic mass is 16.5. The van der Waals surface area contributed by atoms with Gasteiger partial charge in [-0.1, -0.05) is 18.2 Å². The van der Waals surface area contributed by atoms with Crippen molar-refractivity contribution < 1.29 is 14.3 Å². The van der Waals surface area contributed by atoms with Crippen LogP contribution in [-0.4, -0.2) is 34.5 Å². The Balaban J connectivity index is 2.09. The van der Waals surface area contributed by atoms with Gasteiger partial charge < -0.3 is 14.8 Å². The number of carbonyl (C=O) groups is 1. The summed E-state index contributed by atoms with van der Waals surface area (Å²) >= 11 is 0. The topological polar surface area (TPSA) is 104 Å². The molecule has 0 unspecified atom stereocenters. The van der Waals surface area contributed by atoms with Gasteiger partial charge in [-0.2, -0.15) is 4.68 Å². The van der Waals surface area contributed by atoms with E-state index in [2.05, 4.69) is 10.4 Å². The first-order valence-electron chi connectivity index (χ1n) is 8.72. The van der Waals surface area contributed by atoms with Crippen molar-refractivity contribution in [3.8, 4) is 17.3 Å². The van der Waals surface area contributed by atoms with Gasteiger partial charge in [0.15, 0.2) is 0 Å². The lowest BCUT2D eigenvalue weighted by Crippen LogP contribution is -2.41. The van der Waals surface area contributed by atoms with E-state index >= 15 is 0 Å². The summed E-state index contributed by atoms with van der Waals surface area (Å²) in [6.07, 6.45) is 0. The van der Waals surface area contributed by atoms with E-state index < -0.39 is 11.2 Å². The average molecular weight is 396 g/mol. The number of methoxy groups -OCH3 is 2. The normalized spacial score (nSPS) is 10.4. The maximum Gasteiger partial charge on any atom is 0.352 e. The van der Waals surface area contributed by atoms with E-state index in [1.54, 1.807) is 55.6 Å². The van der Waals surface area contributed by atoms with E-state index in [1.807, 2.05) is 0 Å². The molecule has 0 radical (unpaired) electrons. The van der Waals surface area contributed by atoms with Crippen molar-refractivity contribution in [2.24, 2.45) is 0 Å². The van der Waals surface area contributed by atoms with Crippen molar-refractivity contribution in [1.29, 1.82) is 0 Å². The number of nitrogens with one attached hydrogen (secondary N) is 1. The van der Waals surface area contributed by atoms with Crippen LogP contribution >= 0.6 is 0 Å². The highest BCUT2D eigenvalue weighted by molar-refractivity contribution is 5.88. The number of anilines is 1. The quantitative estimate of drug-likeness (QED) is 0.676. The first-order chi connectivity index (χ1) is 13.9. The largest absolute Gasteiger partial charge is 0.497 e. The van der Waals surface area contributed by atoms with Crippen molar-refractivity contribution in [2.75, 3.05) is 19.5 Å². The Morgan fingerprint density at radius 1 is 1.07 bits per heavy atom. The van der Waals surface area contributed by atoms with Crippen LogP contribution in [0.2, 0.25) is 0 Å². The van der Waals surface area contributed by atoms with Crippen LogP contribution in [0.1, 0.15) is 12.5 Å². The minimum Gasteiger partial charge on any atom is -0.497 e. The van der Waals surface area contributed by atoms with Gasteiger partial charge in [0.25, 0.3) is 5.88 Å². The smallest absolute Gasteiger partial charge is 0.352 e. The van der Waals surface area contributed by atoms with Gasteiger partial charge in [0.05, 0.1) is 26.5 Å². The molecule has 1 amide bonds. The molecule has 0 spiro atoms. The van der Waals surface area contributed by atoms with Crippen molar-refractivity contribution in [3.63, 3.8) is 0 Å². The molecule has 150 valence electrons. The second-order valence-corrected chi connectivity index (χ2v) is 6.17. The first-order valence-corrected chi connectivity index (χ1v) is 8.72. The Bertz CT molecular complexity index is 1150. The predicted octanol–water partition coefficient (Wildman–Crippen LogP) is 1.42. The number of benzene rings is 2. The van der Waals surface area contributed by atoms with Gasteiger partial charge in [-0.05, 0) is 35.9 Å². The minimum atomic E-state index is -0.636. The zero-order chi connectivity index (χ0) is 21.0. The molecule has 9 nitrogen and oxygen atoms in total. The van der Waals surface area contributed by atoms with Crippen LogP contribution in [0.3, 0.4) is 0 Å². The van der Waals surface area contributed by atoms with E-state index in [0.29, 0.717) is 17.1 Å². The summed E-state index contributed by atoms with van der Waals surface area (Å²) in [5.74, 6) is 0.202. The molecule has 0 saturated heterocycles. The predicted molar refractivity (Wildman–Crippen MR) is 107 cm³/mol. The van der Waals surface area contributed by atoms with E-state index in [9.17, 15) is 14.4 Å². The maximum absolute atomic E-state index is 13.0. The monoisotopic (exact) mass is 396 g/mol. The molecule has 0 aliphatic heterocycles. The van der Waals surface area contributed by atoms with E-state index in [-0.39, 0.29) is 18.3 Å². The number of aromatic nitrogens is 3. The molecule has 0 aliphatic carbocycles. The minimum absolute atomic E-state index is 0.0337. The van der Waals surface area contributed by atoms with Gasteiger partial charge in [-0.3, -0.25) is 9.59 Å². The van der Waals surface area contributed by atoms with Crippen LogP contribution in [0, 0.1) is 0 Å². The lowest BCUT2D eigenvalue weighted by Gasteiger charge is -2.12. The van der Waals surface area contributed by atoms with E-state index in [1.165, 1.54) is 14.0 Å². The number of hydrogen-bond acceptors (Lipinski definition) is 6. The van der Waals surface area contributed by atoms with Gasteiger partial charge in [-0.25, -0.2) is 9.36 Å². The molecule has 9 heteroatoms. The number of carbonyl (C=O) groups excluding carboxylic acids is 1. The average Bonchev–Trinajstić information content (AvgIpc) is 2.71. The summed E-state index contributed by atoms with van der Waals surface area (Å²) in [7, 11) is 2.87. The third-order valence-corrected chi connectivity index (χ3v) is 4.14. The number of ether oxygens (including phenoxy) is 2. The Morgan fingerprint density at radius 3 is 2.41 bits per heavy atom.